The van der Waals surface area contributed by atoms with Crippen LogP contribution in [-0.4, -0.2) is 19.5 Å². The topological polar surface area (TPSA) is 56.7 Å². The van der Waals surface area contributed by atoms with Crippen LogP contribution in [0.5, 0.6) is 0 Å². The van der Waals surface area contributed by atoms with Crippen molar-refractivity contribution in [3.8, 4) is 5.95 Å². The number of furan rings is 1. The molecule has 0 saturated heterocycles. The molecule has 0 bridgehead atoms. The Balaban J connectivity index is 1.89. The summed E-state index contributed by atoms with van der Waals surface area (Å²) in [5, 5.41) is 4.53. The summed E-state index contributed by atoms with van der Waals surface area (Å²) < 4.78 is 8.62. The van der Waals surface area contributed by atoms with Crippen molar-refractivity contribution in [2.75, 3.05) is 0 Å². The molecule has 3 aromatic carbocycles. The second-order valence-electron chi connectivity index (χ2n) is 7.98. The standard InChI is InChI=1S/C25H20N4O/c1-13-11-14(2)23-20(12-13)19-10-9-18-17-7-5-6-8-21(17)29(22(18)24(19)30-23)25-27-15(3)26-16(4)28-25/h5-12H,1-4H3. The van der Waals surface area contributed by atoms with Gasteiger partial charge in [-0.3, -0.25) is 4.57 Å². The Kier molecular flexibility index (Phi) is 3.37. The molecule has 5 nitrogen and oxygen atoms in total. The van der Waals surface area contributed by atoms with Crippen LogP contribution in [0.25, 0.3) is 49.7 Å². The van der Waals surface area contributed by atoms with Gasteiger partial charge in [-0.25, -0.2) is 4.98 Å². The van der Waals surface area contributed by atoms with E-state index in [1.807, 2.05) is 19.9 Å². The number of hydrogen-bond donors (Lipinski definition) is 0. The van der Waals surface area contributed by atoms with Gasteiger partial charge in [0.15, 0.2) is 5.58 Å². The number of rotatable bonds is 1. The SMILES string of the molecule is Cc1cc(C)c2oc3c(ccc4c5ccccc5n(-c5nc(C)nc(C)n5)c43)c2c1. The van der Waals surface area contributed by atoms with Gasteiger partial charge in [0.05, 0.1) is 5.52 Å². The molecule has 0 atom stereocenters. The summed E-state index contributed by atoms with van der Waals surface area (Å²) in [5.74, 6) is 2.02. The third-order valence-corrected chi connectivity index (χ3v) is 5.75. The van der Waals surface area contributed by atoms with E-state index in [4.69, 9.17) is 4.42 Å². The molecule has 6 aromatic rings. The molecule has 3 aromatic heterocycles. The van der Waals surface area contributed by atoms with E-state index in [1.165, 1.54) is 5.56 Å². The Morgan fingerprint density at radius 2 is 1.43 bits per heavy atom. The van der Waals surface area contributed by atoms with Gasteiger partial charge in [-0.05, 0) is 57.0 Å². The number of benzene rings is 3. The van der Waals surface area contributed by atoms with Crippen molar-refractivity contribution < 1.29 is 4.42 Å². The number of fused-ring (bicyclic) bond motifs is 7. The van der Waals surface area contributed by atoms with Crippen molar-refractivity contribution in [2.45, 2.75) is 27.7 Å². The van der Waals surface area contributed by atoms with Crippen LogP contribution in [0.15, 0.2) is 52.9 Å². The fraction of sp³-hybridized carbons (Fsp3) is 0.160. The van der Waals surface area contributed by atoms with Crippen molar-refractivity contribution in [3.05, 3.63) is 71.3 Å². The lowest BCUT2D eigenvalue weighted by molar-refractivity contribution is 0.667. The van der Waals surface area contributed by atoms with Crippen LogP contribution in [0.1, 0.15) is 22.8 Å². The molecule has 5 heteroatoms. The first-order valence-corrected chi connectivity index (χ1v) is 10.1. The molecular weight excluding hydrogens is 372 g/mol. The second kappa shape index (κ2) is 5.89. The van der Waals surface area contributed by atoms with E-state index in [0.717, 1.165) is 49.3 Å². The molecule has 0 radical (unpaired) electrons. The molecule has 0 fully saturated rings. The van der Waals surface area contributed by atoms with Crippen LogP contribution in [0.2, 0.25) is 0 Å². The van der Waals surface area contributed by atoms with Gasteiger partial charge in [0, 0.05) is 21.5 Å². The summed E-state index contributed by atoms with van der Waals surface area (Å²) in [6.07, 6.45) is 0. The van der Waals surface area contributed by atoms with E-state index in [-0.39, 0.29) is 0 Å². The molecular formula is C25H20N4O. The van der Waals surface area contributed by atoms with Gasteiger partial charge in [0.2, 0.25) is 5.95 Å². The fourth-order valence-corrected chi connectivity index (χ4v) is 4.64. The predicted molar refractivity (Wildman–Crippen MR) is 120 cm³/mol. The Labute approximate surface area is 173 Å². The average Bonchev–Trinajstić information content (AvgIpc) is 3.23. The van der Waals surface area contributed by atoms with Crippen molar-refractivity contribution in [1.82, 2.24) is 19.5 Å². The average molecular weight is 392 g/mol. The van der Waals surface area contributed by atoms with E-state index in [2.05, 4.69) is 75.8 Å². The summed E-state index contributed by atoms with van der Waals surface area (Å²) in [4.78, 5) is 13.7. The number of nitrogens with zero attached hydrogens (tertiary/aromatic N) is 4. The largest absolute Gasteiger partial charge is 0.454 e. The monoisotopic (exact) mass is 392 g/mol. The molecule has 0 aliphatic carbocycles. The van der Waals surface area contributed by atoms with Crippen molar-refractivity contribution in [3.63, 3.8) is 0 Å². The Morgan fingerprint density at radius 3 is 2.23 bits per heavy atom. The molecule has 0 aliphatic rings. The van der Waals surface area contributed by atoms with Gasteiger partial charge in [-0.15, -0.1) is 0 Å². The minimum atomic E-state index is 0.618. The quantitative estimate of drug-likeness (QED) is 0.339. The van der Waals surface area contributed by atoms with E-state index < -0.39 is 0 Å². The predicted octanol–water partition coefficient (Wildman–Crippen LogP) is 6.10. The minimum Gasteiger partial charge on any atom is -0.454 e. The minimum absolute atomic E-state index is 0.618. The molecule has 0 unspecified atom stereocenters. The van der Waals surface area contributed by atoms with Crippen LogP contribution < -0.4 is 0 Å². The van der Waals surface area contributed by atoms with E-state index in [0.29, 0.717) is 17.6 Å². The van der Waals surface area contributed by atoms with Crippen LogP contribution in [0.4, 0.5) is 0 Å². The first-order valence-electron chi connectivity index (χ1n) is 10.1. The highest BCUT2D eigenvalue weighted by atomic mass is 16.3. The maximum absolute atomic E-state index is 6.51. The van der Waals surface area contributed by atoms with Gasteiger partial charge in [-0.2, -0.15) is 9.97 Å². The third-order valence-electron chi connectivity index (χ3n) is 5.75. The summed E-state index contributed by atoms with van der Waals surface area (Å²) in [7, 11) is 0. The molecule has 0 spiro atoms. The molecule has 146 valence electrons. The van der Waals surface area contributed by atoms with E-state index in [9.17, 15) is 0 Å². The highest BCUT2D eigenvalue weighted by Crippen LogP contribution is 2.40. The van der Waals surface area contributed by atoms with Crippen LogP contribution >= 0.6 is 0 Å². The lowest BCUT2D eigenvalue weighted by atomic mass is 10.0. The molecule has 0 saturated carbocycles. The number of aryl methyl sites for hydroxylation is 4. The summed E-state index contributed by atoms with van der Waals surface area (Å²) in [5.41, 5.74) is 6.22. The third kappa shape index (κ3) is 2.26. The zero-order valence-electron chi connectivity index (χ0n) is 17.3. The van der Waals surface area contributed by atoms with Crippen molar-refractivity contribution in [1.29, 1.82) is 0 Å². The van der Waals surface area contributed by atoms with Crippen molar-refractivity contribution in [2.24, 2.45) is 0 Å². The van der Waals surface area contributed by atoms with E-state index >= 15 is 0 Å². The molecule has 0 N–H and O–H groups in total. The van der Waals surface area contributed by atoms with Gasteiger partial charge < -0.3 is 4.42 Å². The Hall–Kier alpha value is -3.73. The maximum atomic E-state index is 6.51. The number of para-hydroxylation sites is 1. The number of aromatic nitrogens is 4. The molecule has 3 heterocycles. The van der Waals surface area contributed by atoms with Crippen LogP contribution in [0, 0.1) is 27.7 Å². The van der Waals surface area contributed by atoms with Gasteiger partial charge >= 0.3 is 0 Å². The van der Waals surface area contributed by atoms with Gasteiger partial charge in [-0.1, -0.05) is 30.3 Å². The summed E-state index contributed by atoms with van der Waals surface area (Å²) >= 11 is 0. The normalized spacial score (nSPS) is 12.0. The first kappa shape index (κ1) is 17.2. The smallest absolute Gasteiger partial charge is 0.238 e. The van der Waals surface area contributed by atoms with Crippen molar-refractivity contribution >= 4 is 43.7 Å². The Bertz CT molecular complexity index is 1620. The lowest BCUT2D eigenvalue weighted by Crippen LogP contribution is -2.06. The molecule has 6 rings (SSSR count). The molecule has 0 amide bonds. The second-order valence-corrected chi connectivity index (χ2v) is 7.98. The Morgan fingerprint density at radius 1 is 0.700 bits per heavy atom. The first-order chi connectivity index (χ1) is 14.5. The maximum Gasteiger partial charge on any atom is 0.238 e. The van der Waals surface area contributed by atoms with E-state index in [1.54, 1.807) is 0 Å². The zero-order chi connectivity index (χ0) is 20.6. The fourth-order valence-electron chi connectivity index (χ4n) is 4.64. The highest BCUT2D eigenvalue weighted by molar-refractivity contribution is 6.21. The summed E-state index contributed by atoms with van der Waals surface area (Å²) in [6.45, 7) is 8.02. The lowest BCUT2D eigenvalue weighted by Gasteiger charge is -2.07. The molecule has 0 aliphatic heterocycles. The van der Waals surface area contributed by atoms with Gasteiger partial charge in [0.1, 0.15) is 22.7 Å². The van der Waals surface area contributed by atoms with Crippen LogP contribution in [0.3, 0.4) is 0 Å². The summed E-state index contributed by atoms with van der Waals surface area (Å²) in [6, 6.07) is 17.1. The zero-order valence-corrected chi connectivity index (χ0v) is 17.3. The number of hydrogen-bond acceptors (Lipinski definition) is 4. The van der Waals surface area contributed by atoms with Crippen LogP contribution in [-0.2, 0) is 0 Å². The van der Waals surface area contributed by atoms with Gasteiger partial charge in [0.25, 0.3) is 0 Å². The molecule has 30 heavy (non-hydrogen) atoms. The highest BCUT2D eigenvalue weighted by Gasteiger charge is 2.21.